The molecule has 0 spiro atoms. The van der Waals surface area contributed by atoms with Gasteiger partial charge in [0.2, 0.25) is 0 Å². The molecule has 0 aliphatic heterocycles. The average molecular weight is 272 g/mol. The molecule has 0 aliphatic rings. The molecule has 0 fully saturated rings. The third-order valence-electron chi connectivity index (χ3n) is 3.40. The number of nitrogens with zero attached hydrogens (tertiary/aromatic N) is 2. The molecule has 0 atom stereocenters. The number of aromatic nitrogens is 2. The lowest BCUT2D eigenvalue weighted by Gasteiger charge is -2.03. The molecule has 98 valence electrons. The van der Waals surface area contributed by atoms with Crippen LogP contribution in [-0.2, 0) is 13.2 Å². The van der Waals surface area contributed by atoms with Crippen LogP contribution in [0.3, 0.4) is 0 Å². The zero-order valence-corrected chi connectivity index (χ0v) is 11.9. The minimum Gasteiger partial charge on any atom is -0.392 e. The van der Waals surface area contributed by atoms with Crippen LogP contribution in [0.5, 0.6) is 0 Å². The highest BCUT2D eigenvalue weighted by Crippen LogP contribution is 2.22. The number of rotatable bonds is 3. The largest absolute Gasteiger partial charge is 0.392 e. The fourth-order valence-electron chi connectivity index (χ4n) is 2.24. The Labute approximate surface area is 116 Å². The highest BCUT2D eigenvalue weighted by molar-refractivity contribution is 7.11. The van der Waals surface area contributed by atoms with E-state index in [9.17, 15) is 0 Å². The van der Waals surface area contributed by atoms with Gasteiger partial charge < -0.3 is 9.67 Å². The molecule has 1 N–H and O–H groups in total. The topological polar surface area (TPSA) is 38.0 Å². The van der Waals surface area contributed by atoms with E-state index in [1.54, 1.807) is 11.3 Å². The van der Waals surface area contributed by atoms with E-state index in [4.69, 9.17) is 5.11 Å². The lowest BCUT2D eigenvalue weighted by Crippen LogP contribution is -1.97. The van der Waals surface area contributed by atoms with E-state index in [0.717, 1.165) is 28.2 Å². The summed E-state index contributed by atoms with van der Waals surface area (Å²) in [6, 6.07) is 8.15. The van der Waals surface area contributed by atoms with Gasteiger partial charge in [-0.1, -0.05) is 6.07 Å². The summed E-state index contributed by atoms with van der Waals surface area (Å²) >= 11 is 1.76. The molecule has 0 amide bonds. The first-order valence-corrected chi connectivity index (χ1v) is 7.10. The number of benzene rings is 1. The highest BCUT2D eigenvalue weighted by atomic mass is 32.1. The summed E-state index contributed by atoms with van der Waals surface area (Å²) in [5.41, 5.74) is 3.26. The van der Waals surface area contributed by atoms with Crippen molar-refractivity contribution in [2.75, 3.05) is 0 Å². The average Bonchev–Trinajstić information content (AvgIpc) is 2.94. The van der Waals surface area contributed by atoms with Crippen molar-refractivity contribution in [3.8, 4) is 0 Å². The van der Waals surface area contributed by atoms with E-state index in [0.29, 0.717) is 0 Å². The molecule has 2 heterocycles. The fraction of sp³-hybridized carbons (Fsp3) is 0.267. The molecule has 4 heteroatoms. The van der Waals surface area contributed by atoms with Gasteiger partial charge in [0.25, 0.3) is 0 Å². The van der Waals surface area contributed by atoms with E-state index in [1.165, 1.54) is 10.4 Å². The minimum absolute atomic E-state index is 0.0893. The van der Waals surface area contributed by atoms with Gasteiger partial charge in [0.05, 0.1) is 18.8 Å². The maximum Gasteiger partial charge on any atom is 0.113 e. The van der Waals surface area contributed by atoms with E-state index in [1.807, 2.05) is 12.1 Å². The summed E-state index contributed by atoms with van der Waals surface area (Å²) < 4.78 is 2.20. The molecular formula is C15H16N2OS. The number of hydrogen-bond acceptors (Lipinski definition) is 3. The van der Waals surface area contributed by atoms with Gasteiger partial charge in [-0.05, 0) is 43.0 Å². The van der Waals surface area contributed by atoms with Gasteiger partial charge in [0.1, 0.15) is 5.01 Å². The van der Waals surface area contributed by atoms with Crippen molar-refractivity contribution in [3.05, 3.63) is 51.6 Å². The number of hydrogen-bond donors (Lipinski definition) is 1. The molecule has 1 aromatic carbocycles. The van der Waals surface area contributed by atoms with Crippen LogP contribution in [0.4, 0.5) is 0 Å². The third kappa shape index (κ3) is 2.29. The van der Waals surface area contributed by atoms with Gasteiger partial charge in [-0.25, -0.2) is 4.98 Å². The molecule has 19 heavy (non-hydrogen) atoms. The quantitative estimate of drug-likeness (QED) is 0.794. The van der Waals surface area contributed by atoms with Crippen molar-refractivity contribution in [2.24, 2.45) is 0 Å². The molecule has 0 radical (unpaired) electrons. The van der Waals surface area contributed by atoms with Crippen LogP contribution in [0.15, 0.2) is 30.5 Å². The predicted octanol–water partition coefficient (Wildman–Crippen LogP) is 3.26. The van der Waals surface area contributed by atoms with E-state index in [2.05, 4.69) is 41.7 Å². The van der Waals surface area contributed by atoms with E-state index >= 15 is 0 Å². The predicted molar refractivity (Wildman–Crippen MR) is 78.6 cm³/mol. The molecular weight excluding hydrogens is 256 g/mol. The van der Waals surface area contributed by atoms with Crippen molar-refractivity contribution in [2.45, 2.75) is 27.0 Å². The molecule has 0 saturated carbocycles. The second-order valence-corrected chi connectivity index (χ2v) is 6.03. The Bertz CT molecular complexity index is 707. The first-order chi connectivity index (χ1) is 9.17. The Morgan fingerprint density at radius 2 is 2.11 bits per heavy atom. The summed E-state index contributed by atoms with van der Waals surface area (Å²) in [4.78, 5) is 5.87. The van der Waals surface area contributed by atoms with Crippen LogP contribution < -0.4 is 0 Å². The maximum atomic E-state index is 9.16. The number of aliphatic hydroxyl groups excluding tert-OH is 1. The Hall–Kier alpha value is -1.65. The van der Waals surface area contributed by atoms with Gasteiger partial charge in [0, 0.05) is 16.6 Å². The second kappa shape index (κ2) is 4.79. The van der Waals surface area contributed by atoms with Crippen molar-refractivity contribution in [1.29, 1.82) is 0 Å². The van der Waals surface area contributed by atoms with Crippen LogP contribution in [0.25, 0.3) is 10.9 Å². The van der Waals surface area contributed by atoms with Gasteiger partial charge in [0.15, 0.2) is 0 Å². The van der Waals surface area contributed by atoms with Crippen LogP contribution in [0, 0.1) is 13.8 Å². The van der Waals surface area contributed by atoms with Gasteiger partial charge in [-0.3, -0.25) is 0 Å². The Balaban J connectivity index is 1.97. The standard InChI is InChI=1S/C15H16N2OS/c1-10-11(2)19-15(16-10)8-17-6-5-13-7-12(9-18)3-4-14(13)17/h3-7,18H,8-9H2,1-2H3. The molecule has 0 unspecified atom stereocenters. The first kappa shape index (κ1) is 12.4. The van der Waals surface area contributed by atoms with E-state index < -0.39 is 0 Å². The van der Waals surface area contributed by atoms with Crippen molar-refractivity contribution >= 4 is 22.2 Å². The molecule has 0 bridgehead atoms. The Kier molecular flexibility index (Phi) is 3.12. The molecule has 3 aromatic rings. The maximum absolute atomic E-state index is 9.16. The molecule has 2 aromatic heterocycles. The Morgan fingerprint density at radius 3 is 2.79 bits per heavy atom. The van der Waals surface area contributed by atoms with Crippen LogP contribution in [0.1, 0.15) is 21.1 Å². The highest BCUT2D eigenvalue weighted by Gasteiger charge is 2.07. The summed E-state index contributed by atoms with van der Waals surface area (Å²) in [7, 11) is 0. The van der Waals surface area contributed by atoms with Crippen LogP contribution in [0.2, 0.25) is 0 Å². The minimum atomic E-state index is 0.0893. The lowest BCUT2D eigenvalue weighted by atomic mass is 10.2. The zero-order valence-electron chi connectivity index (χ0n) is 11.1. The third-order valence-corrected chi connectivity index (χ3v) is 4.45. The van der Waals surface area contributed by atoms with Gasteiger partial charge >= 0.3 is 0 Å². The number of aryl methyl sites for hydroxylation is 2. The molecule has 0 aliphatic carbocycles. The van der Waals surface area contributed by atoms with Gasteiger partial charge in [-0.15, -0.1) is 11.3 Å². The summed E-state index contributed by atoms with van der Waals surface area (Å²) in [5.74, 6) is 0. The first-order valence-electron chi connectivity index (χ1n) is 6.29. The summed E-state index contributed by atoms with van der Waals surface area (Å²) in [6.07, 6.45) is 2.08. The zero-order chi connectivity index (χ0) is 13.4. The van der Waals surface area contributed by atoms with E-state index in [-0.39, 0.29) is 6.61 Å². The van der Waals surface area contributed by atoms with Crippen molar-refractivity contribution in [3.63, 3.8) is 0 Å². The Morgan fingerprint density at radius 1 is 1.26 bits per heavy atom. The fourth-order valence-corrected chi connectivity index (χ4v) is 3.17. The molecule has 3 nitrogen and oxygen atoms in total. The second-order valence-electron chi connectivity index (χ2n) is 4.74. The van der Waals surface area contributed by atoms with Crippen LogP contribution >= 0.6 is 11.3 Å². The van der Waals surface area contributed by atoms with Crippen molar-refractivity contribution in [1.82, 2.24) is 9.55 Å². The van der Waals surface area contributed by atoms with Crippen molar-refractivity contribution < 1.29 is 5.11 Å². The van der Waals surface area contributed by atoms with Gasteiger partial charge in [-0.2, -0.15) is 0 Å². The smallest absolute Gasteiger partial charge is 0.113 e. The number of aliphatic hydroxyl groups is 1. The normalized spacial score (nSPS) is 11.3. The SMILES string of the molecule is Cc1nc(Cn2ccc3cc(CO)ccc32)sc1C. The summed E-state index contributed by atoms with van der Waals surface area (Å²) in [5, 5.41) is 11.5. The van der Waals surface area contributed by atoms with Crippen LogP contribution in [-0.4, -0.2) is 14.7 Å². The summed E-state index contributed by atoms with van der Waals surface area (Å²) in [6.45, 7) is 5.06. The number of thiazole rings is 1. The number of fused-ring (bicyclic) bond motifs is 1. The monoisotopic (exact) mass is 272 g/mol. The lowest BCUT2D eigenvalue weighted by molar-refractivity contribution is 0.282. The molecule has 3 rings (SSSR count). The molecule has 0 saturated heterocycles.